The standard InChI is InChI=1S/C17H19N3O4/c1-10(17(22)23)20(12-6-7-12)16(21)15-9-14(18-19-15)11-4-3-5-13(8-11)24-2/h3-5,8-10,12H,6-7H2,1-2H3,(H,18,19)(H,22,23). The predicted molar refractivity (Wildman–Crippen MR) is 86.9 cm³/mol. The number of nitrogens with one attached hydrogen (secondary N) is 1. The van der Waals surface area contributed by atoms with Crippen LogP contribution in [0.3, 0.4) is 0 Å². The van der Waals surface area contributed by atoms with Gasteiger partial charge in [-0.1, -0.05) is 12.1 Å². The van der Waals surface area contributed by atoms with Crippen LogP contribution < -0.4 is 4.74 Å². The number of aliphatic carboxylic acids is 1. The predicted octanol–water partition coefficient (Wildman–Crippen LogP) is 2.16. The number of ether oxygens (including phenoxy) is 1. The van der Waals surface area contributed by atoms with Gasteiger partial charge in [0.2, 0.25) is 0 Å². The Balaban J connectivity index is 1.86. The number of aromatic nitrogens is 2. The fourth-order valence-electron chi connectivity index (χ4n) is 2.63. The molecular formula is C17H19N3O4. The minimum Gasteiger partial charge on any atom is -0.497 e. The largest absolute Gasteiger partial charge is 0.497 e. The van der Waals surface area contributed by atoms with Crippen LogP contribution in [0.5, 0.6) is 5.75 Å². The van der Waals surface area contributed by atoms with Crippen LogP contribution in [-0.2, 0) is 4.79 Å². The molecule has 3 rings (SSSR count). The quantitative estimate of drug-likeness (QED) is 0.847. The molecule has 1 heterocycles. The fraction of sp³-hybridized carbons (Fsp3) is 0.353. The van der Waals surface area contributed by atoms with E-state index in [1.54, 1.807) is 13.2 Å². The number of hydrogen-bond donors (Lipinski definition) is 2. The summed E-state index contributed by atoms with van der Waals surface area (Å²) in [6.45, 7) is 1.53. The van der Waals surface area contributed by atoms with Crippen LogP contribution in [-0.4, -0.2) is 51.3 Å². The lowest BCUT2D eigenvalue weighted by atomic mass is 10.1. The van der Waals surface area contributed by atoms with Gasteiger partial charge in [-0.3, -0.25) is 9.89 Å². The summed E-state index contributed by atoms with van der Waals surface area (Å²) in [7, 11) is 1.58. The van der Waals surface area contributed by atoms with Crippen LogP contribution in [0.1, 0.15) is 30.3 Å². The van der Waals surface area contributed by atoms with Gasteiger partial charge in [0.1, 0.15) is 17.5 Å². The molecule has 1 aromatic heterocycles. The zero-order valence-electron chi connectivity index (χ0n) is 13.5. The van der Waals surface area contributed by atoms with Gasteiger partial charge < -0.3 is 14.7 Å². The van der Waals surface area contributed by atoms with Gasteiger partial charge in [-0.15, -0.1) is 0 Å². The van der Waals surface area contributed by atoms with E-state index < -0.39 is 12.0 Å². The maximum Gasteiger partial charge on any atom is 0.326 e. The highest BCUT2D eigenvalue weighted by atomic mass is 16.5. The maximum atomic E-state index is 12.7. The van der Waals surface area contributed by atoms with Crippen molar-refractivity contribution in [1.29, 1.82) is 0 Å². The van der Waals surface area contributed by atoms with Gasteiger partial charge in [-0.05, 0) is 38.0 Å². The summed E-state index contributed by atoms with van der Waals surface area (Å²) in [5.41, 5.74) is 1.71. The molecule has 2 aromatic rings. The van der Waals surface area contributed by atoms with Crippen molar-refractivity contribution >= 4 is 11.9 Å². The third-order valence-electron chi connectivity index (χ3n) is 4.12. The molecular weight excluding hydrogens is 310 g/mol. The Labute approximate surface area is 139 Å². The fourth-order valence-corrected chi connectivity index (χ4v) is 2.63. The highest BCUT2D eigenvalue weighted by molar-refractivity contribution is 5.96. The zero-order valence-corrected chi connectivity index (χ0v) is 13.5. The van der Waals surface area contributed by atoms with E-state index in [4.69, 9.17) is 4.74 Å². The van der Waals surface area contributed by atoms with Crippen LogP contribution in [0.25, 0.3) is 11.3 Å². The van der Waals surface area contributed by atoms with Crippen LogP contribution in [0.15, 0.2) is 30.3 Å². The molecule has 1 aliphatic carbocycles. The van der Waals surface area contributed by atoms with Gasteiger partial charge in [-0.25, -0.2) is 4.79 Å². The topological polar surface area (TPSA) is 95.5 Å². The molecule has 1 fully saturated rings. The van der Waals surface area contributed by atoms with E-state index in [1.807, 2.05) is 24.3 Å². The molecule has 24 heavy (non-hydrogen) atoms. The first kappa shape index (κ1) is 16.0. The zero-order chi connectivity index (χ0) is 17.3. The Morgan fingerprint density at radius 1 is 1.38 bits per heavy atom. The third kappa shape index (κ3) is 3.10. The number of carbonyl (C=O) groups is 2. The van der Waals surface area contributed by atoms with E-state index in [0.29, 0.717) is 11.4 Å². The van der Waals surface area contributed by atoms with E-state index in [1.165, 1.54) is 11.8 Å². The number of carboxylic acids is 1. The first-order valence-corrected chi connectivity index (χ1v) is 7.76. The molecule has 1 aromatic carbocycles. The first-order chi connectivity index (χ1) is 11.5. The van der Waals surface area contributed by atoms with E-state index in [0.717, 1.165) is 18.4 Å². The van der Waals surface area contributed by atoms with Crippen molar-refractivity contribution < 1.29 is 19.4 Å². The number of carboxylic acid groups (broad SMARTS) is 1. The molecule has 1 atom stereocenters. The Bertz CT molecular complexity index is 767. The summed E-state index contributed by atoms with van der Waals surface area (Å²) in [6, 6.07) is 8.12. The van der Waals surface area contributed by atoms with Crippen LogP contribution >= 0.6 is 0 Å². The minimum atomic E-state index is -1.01. The second kappa shape index (κ2) is 6.35. The molecule has 0 bridgehead atoms. The van der Waals surface area contributed by atoms with Crippen molar-refractivity contribution in [2.24, 2.45) is 0 Å². The van der Waals surface area contributed by atoms with Crippen molar-refractivity contribution in [1.82, 2.24) is 15.1 Å². The molecule has 0 aliphatic heterocycles. The molecule has 0 spiro atoms. The second-order valence-corrected chi connectivity index (χ2v) is 5.86. The Morgan fingerprint density at radius 3 is 2.75 bits per heavy atom. The van der Waals surface area contributed by atoms with Gasteiger partial charge in [0, 0.05) is 11.6 Å². The van der Waals surface area contributed by atoms with E-state index >= 15 is 0 Å². The average Bonchev–Trinajstić information content (AvgIpc) is 3.29. The van der Waals surface area contributed by atoms with E-state index in [9.17, 15) is 14.7 Å². The van der Waals surface area contributed by atoms with Crippen molar-refractivity contribution in [2.45, 2.75) is 31.8 Å². The van der Waals surface area contributed by atoms with Gasteiger partial charge >= 0.3 is 5.97 Å². The molecule has 1 aliphatic rings. The van der Waals surface area contributed by atoms with Crippen molar-refractivity contribution in [3.8, 4) is 17.0 Å². The van der Waals surface area contributed by atoms with E-state index in [-0.39, 0.29) is 17.6 Å². The second-order valence-electron chi connectivity index (χ2n) is 5.86. The summed E-state index contributed by atoms with van der Waals surface area (Å²) in [6.07, 6.45) is 1.67. The van der Waals surface area contributed by atoms with Gasteiger partial charge in [0.25, 0.3) is 5.91 Å². The molecule has 1 amide bonds. The molecule has 2 N–H and O–H groups in total. The molecule has 1 unspecified atom stereocenters. The highest BCUT2D eigenvalue weighted by Crippen LogP contribution is 2.31. The van der Waals surface area contributed by atoms with Gasteiger partial charge in [0.15, 0.2) is 0 Å². The van der Waals surface area contributed by atoms with Crippen molar-refractivity contribution in [3.05, 3.63) is 36.0 Å². The number of benzene rings is 1. The van der Waals surface area contributed by atoms with Crippen LogP contribution in [0, 0.1) is 0 Å². The first-order valence-electron chi connectivity index (χ1n) is 7.76. The maximum absolute atomic E-state index is 12.7. The monoisotopic (exact) mass is 329 g/mol. The van der Waals surface area contributed by atoms with E-state index in [2.05, 4.69) is 10.2 Å². The summed E-state index contributed by atoms with van der Waals surface area (Å²) in [5, 5.41) is 16.1. The molecule has 7 nitrogen and oxygen atoms in total. The summed E-state index contributed by atoms with van der Waals surface area (Å²) in [4.78, 5) is 25.4. The van der Waals surface area contributed by atoms with Gasteiger partial charge in [-0.2, -0.15) is 5.10 Å². The Morgan fingerprint density at radius 2 is 2.12 bits per heavy atom. The number of aromatic amines is 1. The Hall–Kier alpha value is -2.83. The number of methoxy groups -OCH3 is 1. The molecule has 0 saturated heterocycles. The molecule has 126 valence electrons. The van der Waals surface area contributed by atoms with Crippen molar-refractivity contribution in [2.75, 3.05) is 7.11 Å². The number of nitrogens with zero attached hydrogens (tertiary/aromatic N) is 2. The minimum absolute atomic E-state index is 0.00725. The van der Waals surface area contributed by atoms with Crippen molar-refractivity contribution in [3.63, 3.8) is 0 Å². The lowest BCUT2D eigenvalue weighted by molar-refractivity contribution is -0.141. The summed E-state index contributed by atoms with van der Waals surface area (Å²) in [5.74, 6) is -0.653. The Kier molecular flexibility index (Phi) is 4.24. The lowest BCUT2D eigenvalue weighted by Crippen LogP contribution is -2.44. The SMILES string of the molecule is COc1cccc(-c2cc(C(=O)N(C3CC3)C(C)C(=O)O)[nH]n2)c1. The average molecular weight is 329 g/mol. The summed E-state index contributed by atoms with van der Waals surface area (Å²) >= 11 is 0. The van der Waals surface area contributed by atoms with Crippen LogP contribution in [0.2, 0.25) is 0 Å². The third-order valence-corrected chi connectivity index (χ3v) is 4.12. The number of carbonyl (C=O) groups excluding carboxylic acids is 1. The number of rotatable bonds is 6. The number of hydrogen-bond acceptors (Lipinski definition) is 4. The highest BCUT2D eigenvalue weighted by Gasteiger charge is 2.39. The normalized spacial score (nSPS) is 14.9. The molecule has 0 radical (unpaired) electrons. The molecule has 1 saturated carbocycles. The lowest BCUT2D eigenvalue weighted by Gasteiger charge is -2.25. The molecule has 7 heteroatoms. The number of H-pyrrole nitrogens is 1. The number of amides is 1. The summed E-state index contributed by atoms with van der Waals surface area (Å²) < 4.78 is 5.19. The smallest absolute Gasteiger partial charge is 0.326 e. The van der Waals surface area contributed by atoms with Gasteiger partial charge in [0.05, 0.1) is 12.8 Å². The van der Waals surface area contributed by atoms with Crippen LogP contribution in [0.4, 0.5) is 0 Å².